The van der Waals surface area contributed by atoms with Crippen molar-refractivity contribution in [1.29, 1.82) is 0 Å². The van der Waals surface area contributed by atoms with Crippen molar-refractivity contribution < 1.29 is 14.3 Å². The Labute approximate surface area is 147 Å². The fourth-order valence-corrected chi connectivity index (χ4v) is 2.37. The molecule has 0 heterocycles. The summed E-state index contributed by atoms with van der Waals surface area (Å²) in [6.45, 7) is 4.02. The van der Waals surface area contributed by atoms with Crippen LogP contribution in [0.2, 0.25) is 5.02 Å². The highest BCUT2D eigenvalue weighted by atomic mass is 35.5. The molecule has 2 rings (SSSR count). The van der Waals surface area contributed by atoms with Gasteiger partial charge < -0.3 is 14.8 Å². The number of nitrogens with one attached hydrogen (secondary N) is 1. The first-order chi connectivity index (χ1) is 11.7. The molecule has 0 spiro atoms. The summed E-state index contributed by atoms with van der Waals surface area (Å²) >= 11 is 5.95. The van der Waals surface area contributed by atoms with Crippen LogP contribution in [-0.2, 0) is 22.7 Å². The van der Waals surface area contributed by atoms with Crippen molar-refractivity contribution in [1.82, 2.24) is 5.32 Å². The third-order valence-electron chi connectivity index (χ3n) is 3.36. The standard InChI is InChI=1S/C19H22ClNO3/c1-2-23-19(22)10-11-21-13-15-6-8-18(9-7-15)24-14-16-4-3-5-17(20)12-16/h3-9,12,21H,2,10-11,13-14H2,1H3. The Bertz CT molecular complexity index is 643. The molecule has 2 aromatic carbocycles. The van der Waals surface area contributed by atoms with Crippen LogP contribution in [0.5, 0.6) is 5.75 Å². The second-order valence-corrected chi connectivity index (χ2v) is 5.73. The van der Waals surface area contributed by atoms with Gasteiger partial charge in [-0.25, -0.2) is 0 Å². The zero-order chi connectivity index (χ0) is 17.2. The summed E-state index contributed by atoms with van der Waals surface area (Å²) in [6.07, 6.45) is 0.384. The number of hydrogen-bond acceptors (Lipinski definition) is 4. The van der Waals surface area contributed by atoms with Crippen molar-refractivity contribution in [2.24, 2.45) is 0 Å². The average Bonchev–Trinajstić information content (AvgIpc) is 2.58. The molecule has 2 aromatic rings. The van der Waals surface area contributed by atoms with Gasteiger partial charge in [0.25, 0.3) is 0 Å². The van der Waals surface area contributed by atoms with E-state index in [9.17, 15) is 4.79 Å². The highest BCUT2D eigenvalue weighted by Gasteiger charge is 2.01. The minimum atomic E-state index is -0.172. The van der Waals surface area contributed by atoms with Gasteiger partial charge in [-0.05, 0) is 42.3 Å². The topological polar surface area (TPSA) is 47.6 Å². The number of carbonyl (C=O) groups is 1. The van der Waals surface area contributed by atoms with E-state index < -0.39 is 0 Å². The maximum absolute atomic E-state index is 11.2. The van der Waals surface area contributed by atoms with Crippen molar-refractivity contribution >= 4 is 17.6 Å². The molecule has 0 bridgehead atoms. The van der Waals surface area contributed by atoms with Crippen LogP contribution in [0.15, 0.2) is 48.5 Å². The monoisotopic (exact) mass is 347 g/mol. The Morgan fingerprint density at radius 1 is 1.12 bits per heavy atom. The molecule has 128 valence electrons. The van der Waals surface area contributed by atoms with Crippen LogP contribution in [0.1, 0.15) is 24.5 Å². The maximum Gasteiger partial charge on any atom is 0.307 e. The normalized spacial score (nSPS) is 10.4. The molecule has 0 aliphatic heterocycles. The summed E-state index contributed by atoms with van der Waals surface area (Å²) in [5, 5.41) is 3.93. The maximum atomic E-state index is 11.2. The summed E-state index contributed by atoms with van der Waals surface area (Å²) in [4.78, 5) is 11.2. The van der Waals surface area contributed by atoms with Crippen molar-refractivity contribution in [3.8, 4) is 5.75 Å². The minimum Gasteiger partial charge on any atom is -0.489 e. The van der Waals surface area contributed by atoms with Crippen molar-refractivity contribution in [3.63, 3.8) is 0 Å². The number of benzene rings is 2. The number of esters is 1. The molecule has 0 saturated heterocycles. The highest BCUT2D eigenvalue weighted by Crippen LogP contribution is 2.16. The lowest BCUT2D eigenvalue weighted by molar-refractivity contribution is -0.142. The Kier molecular flexibility index (Phi) is 7.59. The molecule has 5 heteroatoms. The molecule has 24 heavy (non-hydrogen) atoms. The van der Waals surface area contributed by atoms with Gasteiger partial charge in [0.1, 0.15) is 12.4 Å². The largest absolute Gasteiger partial charge is 0.489 e. The van der Waals surface area contributed by atoms with Crippen molar-refractivity contribution in [2.45, 2.75) is 26.5 Å². The number of rotatable bonds is 9. The second-order valence-electron chi connectivity index (χ2n) is 5.29. The van der Waals surface area contributed by atoms with Gasteiger partial charge in [0.05, 0.1) is 13.0 Å². The summed E-state index contributed by atoms with van der Waals surface area (Å²) in [5.41, 5.74) is 2.17. The van der Waals surface area contributed by atoms with Gasteiger partial charge in [-0.2, -0.15) is 0 Å². The molecular weight excluding hydrogens is 326 g/mol. The fraction of sp³-hybridized carbons (Fsp3) is 0.316. The first kappa shape index (κ1) is 18.3. The highest BCUT2D eigenvalue weighted by molar-refractivity contribution is 6.30. The predicted molar refractivity (Wildman–Crippen MR) is 95.2 cm³/mol. The van der Waals surface area contributed by atoms with Crippen LogP contribution < -0.4 is 10.1 Å². The third kappa shape index (κ3) is 6.60. The molecule has 0 unspecified atom stereocenters. The molecule has 0 saturated carbocycles. The zero-order valence-electron chi connectivity index (χ0n) is 13.8. The summed E-state index contributed by atoms with van der Waals surface area (Å²) in [5.74, 6) is 0.639. The first-order valence-electron chi connectivity index (χ1n) is 8.00. The summed E-state index contributed by atoms with van der Waals surface area (Å²) < 4.78 is 10.6. The number of halogens is 1. The second kappa shape index (κ2) is 9.96. The molecule has 4 nitrogen and oxygen atoms in total. The Hall–Kier alpha value is -2.04. The molecule has 0 radical (unpaired) electrons. The van der Waals surface area contributed by atoms with Crippen LogP contribution in [0, 0.1) is 0 Å². The smallest absolute Gasteiger partial charge is 0.307 e. The third-order valence-corrected chi connectivity index (χ3v) is 3.59. The lowest BCUT2D eigenvalue weighted by Crippen LogP contribution is -2.18. The van der Waals surface area contributed by atoms with Gasteiger partial charge in [0.2, 0.25) is 0 Å². The lowest BCUT2D eigenvalue weighted by atomic mass is 10.2. The van der Waals surface area contributed by atoms with Gasteiger partial charge in [-0.1, -0.05) is 35.9 Å². The number of carbonyl (C=O) groups excluding carboxylic acids is 1. The fourth-order valence-electron chi connectivity index (χ4n) is 2.15. The van der Waals surface area contributed by atoms with E-state index in [1.165, 1.54) is 0 Å². The van der Waals surface area contributed by atoms with Crippen LogP contribution >= 0.6 is 11.6 Å². The van der Waals surface area contributed by atoms with E-state index in [0.29, 0.717) is 37.7 Å². The molecule has 0 aromatic heterocycles. The predicted octanol–water partition coefficient (Wildman–Crippen LogP) is 3.96. The molecule has 0 fully saturated rings. The minimum absolute atomic E-state index is 0.172. The molecule has 0 amide bonds. The van der Waals surface area contributed by atoms with E-state index in [4.69, 9.17) is 21.1 Å². The molecule has 1 N–H and O–H groups in total. The van der Waals surface area contributed by atoms with Crippen LogP contribution in [0.3, 0.4) is 0 Å². The van der Waals surface area contributed by atoms with Crippen molar-refractivity contribution in [3.05, 3.63) is 64.7 Å². The number of hydrogen-bond donors (Lipinski definition) is 1. The Morgan fingerprint density at radius 3 is 2.62 bits per heavy atom. The summed E-state index contributed by atoms with van der Waals surface area (Å²) in [6, 6.07) is 15.5. The Balaban J connectivity index is 1.71. The lowest BCUT2D eigenvalue weighted by Gasteiger charge is -2.08. The van der Waals surface area contributed by atoms with Gasteiger partial charge >= 0.3 is 5.97 Å². The van der Waals surface area contributed by atoms with E-state index in [2.05, 4.69) is 5.32 Å². The molecule has 0 aliphatic rings. The quantitative estimate of drug-likeness (QED) is 0.551. The number of ether oxygens (including phenoxy) is 2. The van der Waals surface area contributed by atoms with Crippen LogP contribution in [0.25, 0.3) is 0 Å². The van der Waals surface area contributed by atoms with E-state index in [-0.39, 0.29) is 5.97 Å². The van der Waals surface area contributed by atoms with E-state index in [1.54, 1.807) is 6.92 Å². The van der Waals surface area contributed by atoms with Gasteiger partial charge in [-0.3, -0.25) is 4.79 Å². The average molecular weight is 348 g/mol. The molecule has 0 aliphatic carbocycles. The summed E-state index contributed by atoms with van der Waals surface area (Å²) in [7, 11) is 0. The van der Waals surface area contributed by atoms with Crippen LogP contribution in [0.4, 0.5) is 0 Å². The molecular formula is C19H22ClNO3. The molecule has 0 atom stereocenters. The van der Waals surface area contributed by atoms with E-state index >= 15 is 0 Å². The van der Waals surface area contributed by atoms with Crippen molar-refractivity contribution in [2.75, 3.05) is 13.2 Å². The first-order valence-corrected chi connectivity index (χ1v) is 8.37. The van der Waals surface area contributed by atoms with E-state index in [1.807, 2.05) is 48.5 Å². The van der Waals surface area contributed by atoms with Gasteiger partial charge in [0, 0.05) is 18.1 Å². The van der Waals surface area contributed by atoms with E-state index in [0.717, 1.165) is 16.9 Å². The van der Waals surface area contributed by atoms with Crippen LogP contribution in [-0.4, -0.2) is 19.1 Å². The van der Waals surface area contributed by atoms with Gasteiger partial charge in [0.15, 0.2) is 0 Å². The SMILES string of the molecule is CCOC(=O)CCNCc1ccc(OCc2cccc(Cl)c2)cc1. The van der Waals surface area contributed by atoms with Gasteiger partial charge in [-0.15, -0.1) is 0 Å². The Morgan fingerprint density at radius 2 is 1.92 bits per heavy atom. The zero-order valence-corrected chi connectivity index (χ0v) is 14.5.